The SMILES string of the molecule is CCCNC(C)c1csc(-c2ncc[nH]2)n1. The Morgan fingerprint density at radius 2 is 2.44 bits per heavy atom. The second-order valence-corrected chi connectivity index (χ2v) is 4.55. The summed E-state index contributed by atoms with van der Waals surface area (Å²) < 4.78 is 0. The number of imidazole rings is 1. The predicted molar refractivity (Wildman–Crippen MR) is 66.4 cm³/mol. The normalized spacial score (nSPS) is 12.9. The van der Waals surface area contributed by atoms with Crippen LogP contribution in [0.3, 0.4) is 0 Å². The smallest absolute Gasteiger partial charge is 0.166 e. The van der Waals surface area contributed by atoms with E-state index in [1.54, 1.807) is 17.5 Å². The highest BCUT2D eigenvalue weighted by atomic mass is 32.1. The second-order valence-electron chi connectivity index (χ2n) is 3.69. The molecular weight excluding hydrogens is 220 g/mol. The molecule has 0 amide bonds. The summed E-state index contributed by atoms with van der Waals surface area (Å²) in [5, 5.41) is 6.46. The Morgan fingerprint density at radius 3 is 3.12 bits per heavy atom. The predicted octanol–water partition coefficient (Wildman–Crippen LogP) is 2.59. The summed E-state index contributed by atoms with van der Waals surface area (Å²) in [5.74, 6) is 0.846. The van der Waals surface area contributed by atoms with Gasteiger partial charge in [-0.25, -0.2) is 9.97 Å². The van der Waals surface area contributed by atoms with Crippen LogP contribution in [0.5, 0.6) is 0 Å². The van der Waals surface area contributed by atoms with Gasteiger partial charge in [0.1, 0.15) is 0 Å². The molecule has 0 bridgehead atoms. The quantitative estimate of drug-likeness (QED) is 0.839. The van der Waals surface area contributed by atoms with E-state index in [-0.39, 0.29) is 0 Å². The first kappa shape index (κ1) is 11.3. The van der Waals surface area contributed by atoms with Gasteiger partial charge in [-0.1, -0.05) is 6.92 Å². The molecular formula is C11H16N4S. The molecule has 0 spiro atoms. The zero-order valence-electron chi connectivity index (χ0n) is 9.53. The van der Waals surface area contributed by atoms with Gasteiger partial charge in [-0.15, -0.1) is 11.3 Å². The van der Waals surface area contributed by atoms with Crippen LogP contribution < -0.4 is 5.32 Å². The van der Waals surface area contributed by atoms with E-state index in [9.17, 15) is 0 Å². The number of aromatic amines is 1. The third-order valence-electron chi connectivity index (χ3n) is 2.37. The molecule has 0 aliphatic rings. The summed E-state index contributed by atoms with van der Waals surface area (Å²) in [6, 6.07) is 0.305. The zero-order chi connectivity index (χ0) is 11.4. The van der Waals surface area contributed by atoms with Gasteiger partial charge in [0.2, 0.25) is 0 Å². The number of thiazole rings is 1. The molecule has 2 N–H and O–H groups in total. The van der Waals surface area contributed by atoms with Gasteiger partial charge < -0.3 is 10.3 Å². The number of nitrogens with zero attached hydrogens (tertiary/aromatic N) is 2. The van der Waals surface area contributed by atoms with Crippen LogP contribution in [0.15, 0.2) is 17.8 Å². The van der Waals surface area contributed by atoms with Crippen molar-refractivity contribution in [1.29, 1.82) is 0 Å². The molecule has 2 heterocycles. The average molecular weight is 236 g/mol. The molecule has 0 saturated heterocycles. The van der Waals surface area contributed by atoms with Crippen molar-refractivity contribution in [2.75, 3.05) is 6.54 Å². The standard InChI is InChI=1S/C11H16N4S/c1-3-4-12-8(2)9-7-16-11(15-9)10-13-5-6-14-10/h5-8,12H,3-4H2,1-2H3,(H,13,14). The maximum atomic E-state index is 4.57. The van der Waals surface area contributed by atoms with Crippen molar-refractivity contribution in [2.24, 2.45) is 0 Å². The van der Waals surface area contributed by atoms with Crippen LogP contribution in [0, 0.1) is 0 Å². The molecule has 2 aromatic heterocycles. The van der Waals surface area contributed by atoms with Crippen LogP contribution in [0.4, 0.5) is 0 Å². The molecule has 0 aliphatic heterocycles. The monoisotopic (exact) mass is 236 g/mol. The van der Waals surface area contributed by atoms with E-state index in [0.717, 1.165) is 29.5 Å². The van der Waals surface area contributed by atoms with Crippen molar-refractivity contribution in [3.63, 3.8) is 0 Å². The summed E-state index contributed by atoms with van der Waals surface area (Å²) in [7, 11) is 0. The van der Waals surface area contributed by atoms with E-state index in [2.05, 4.69) is 39.5 Å². The Hall–Kier alpha value is -1.20. The van der Waals surface area contributed by atoms with Crippen LogP contribution in [0.25, 0.3) is 10.8 Å². The Morgan fingerprint density at radius 1 is 1.56 bits per heavy atom. The maximum Gasteiger partial charge on any atom is 0.166 e. The number of aromatic nitrogens is 3. The van der Waals surface area contributed by atoms with E-state index in [1.165, 1.54) is 0 Å². The number of hydrogen-bond donors (Lipinski definition) is 2. The zero-order valence-corrected chi connectivity index (χ0v) is 10.3. The highest BCUT2D eigenvalue weighted by Gasteiger charge is 2.11. The molecule has 1 atom stereocenters. The number of H-pyrrole nitrogens is 1. The minimum absolute atomic E-state index is 0.305. The Balaban J connectivity index is 2.07. The lowest BCUT2D eigenvalue weighted by Gasteiger charge is -2.09. The molecule has 0 aromatic carbocycles. The summed E-state index contributed by atoms with van der Waals surface area (Å²) in [6.45, 7) is 5.32. The van der Waals surface area contributed by atoms with Crippen molar-refractivity contribution in [1.82, 2.24) is 20.3 Å². The molecule has 0 radical (unpaired) electrons. The van der Waals surface area contributed by atoms with E-state index < -0.39 is 0 Å². The lowest BCUT2D eigenvalue weighted by molar-refractivity contribution is 0.561. The highest BCUT2D eigenvalue weighted by Crippen LogP contribution is 2.23. The third-order valence-corrected chi connectivity index (χ3v) is 3.23. The Bertz CT molecular complexity index is 421. The van der Waals surface area contributed by atoms with Gasteiger partial charge in [0, 0.05) is 23.8 Å². The molecule has 2 aromatic rings. The van der Waals surface area contributed by atoms with Crippen molar-refractivity contribution in [3.8, 4) is 10.8 Å². The number of rotatable bonds is 5. The van der Waals surface area contributed by atoms with E-state index in [0.29, 0.717) is 6.04 Å². The Kier molecular flexibility index (Phi) is 3.69. The maximum absolute atomic E-state index is 4.57. The van der Waals surface area contributed by atoms with Crippen molar-refractivity contribution in [2.45, 2.75) is 26.3 Å². The van der Waals surface area contributed by atoms with E-state index in [4.69, 9.17) is 0 Å². The van der Waals surface area contributed by atoms with Crippen molar-refractivity contribution >= 4 is 11.3 Å². The van der Waals surface area contributed by atoms with Crippen LogP contribution in [-0.4, -0.2) is 21.5 Å². The van der Waals surface area contributed by atoms with E-state index >= 15 is 0 Å². The van der Waals surface area contributed by atoms with Crippen molar-refractivity contribution in [3.05, 3.63) is 23.5 Å². The van der Waals surface area contributed by atoms with Gasteiger partial charge in [0.25, 0.3) is 0 Å². The number of hydrogen-bond acceptors (Lipinski definition) is 4. The molecule has 16 heavy (non-hydrogen) atoms. The molecule has 0 saturated carbocycles. The van der Waals surface area contributed by atoms with Gasteiger partial charge in [-0.3, -0.25) is 0 Å². The largest absolute Gasteiger partial charge is 0.343 e. The second kappa shape index (κ2) is 5.23. The van der Waals surface area contributed by atoms with Crippen LogP contribution >= 0.6 is 11.3 Å². The molecule has 5 heteroatoms. The van der Waals surface area contributed by atoms with Gasteiger partial charge >= 0.3 is 0 Å². The van der Waals surface area contributed by atoms with Crippen molar-refractivity contribution < 1.29 is 0 Å². The lowest BCUT2D eigenvalue weighted by Crippen LogP contribution is -2.19. The van der Waals surface area contributed by atoms with Crippen LogP contribution in [0.1, 0.15) is 32.0 Å². The lowest BCUT2D eigenvalue weighted by atomic mass is 10.2. The highest BCUT2D eigenvalue weighted by molar-refractivity contribution is 7.13. The minimum atomic E-state index is 0.305. The average Bonchev–Trinajstić information content (AvgIpc) is 2.94. The Labute approximate surface area is 99.2 Å². The molecule has 1 unspecified atom stereocenters. The van der Waals surface area contributed by atoms with Gasteiger partial charge in [0.05, 0.1) is 5.69 Å². The number of nitrogens with one attached hydrogen (secondary N) is 2. The van der Waals surface area contributed by atoms with Gasteiger partial charge in [0.15, 0.2) is 10.8 Å². The summed E-state index contributed by atoms with van der Waals surface area (Å²) in [6.07, 6.45) is 4.70. The fourth-order valence-electron chi connectivity index (χ4n) is 1.44. The molecule has 0 aliphatic carbocycles. The first-order chi connectivity index (χ1) is 7.81. The van der Waals surface area contributed by atoms with Gasteiger partial charge in [-0.2, -0.15) is 0 Å². The van der Waals surface area contributed by atoms with E-state index in [1.807, 2.05) is 6.20 Å². The summed E-state index contributed by atoms with van der Waals surface area (Å²) in [4.78, 5) is 11.8. The molecule has 4 nitrogen and oxygen atoms in total. The fourth-order valence-corrected chi connectivity index (χ4v) is 2.31. The van der Waals surface area contributed by atoms with Gasteiger partial charge in [-0.05, 0) is 19.9 Å². The molecule has 0 fully saturated rings. The third kappa shape index (κ3) is 2.48. The fraction of sp³-hybridized carbons (Fsp3) is 0.455. The molecule has 86 valence electrons. The molecule has 2 rings (SSSR count). The first-order valence-corrected chi connectivity index (χ1v) is 6.37. The minimum Gasteiger partial charge on any atom is -0.343 e. The summed E-state index contributed by atoms with van der Waals surface area (Å²) in [5.41, 5.74) is 1.09. The topological polar surface area (TPSA) is 53.6 Å². The van der Waals surface area contributed by atoms with Crippen LogP contribution in [0.2, 0.25) is 0 Å². The van der Waals surface area contributed by atoms with Crippen LogP contribution in [-0.2, 0) is 0 Å². The first-order valence-electron chi connectivity index (χ1n) is 5.49. The summed E-state index contributed by atoms with van der Waals surface area (Å²) >= 11 is 1.62.